The summed E-state index contributed by atoms with van der Waals surface area (Å²) < 4.78 is 2.26. The van der Waals surface area contributed by atoms with Crippen molar-refractivity contribution in [1.29, 1.82) is 0 Å². The van der Waals surface area contributed by atoms with E-state index in [1.807, 2.05) is 19.1 Å². The molecule has 296 valence electrons. The Balaban J connectivity index is 1.02. The average molecular weight is 806 g/mol. The lowest BCUT2D eigenvalue weighted by atomic mass is 9.78. The summed E-state index contributed by atoms with van der Waals surface area (Å²) in [6.07, 6.45) is 15.1. The lowest BCUT2D eigenvalue weighted by molar-refractivity contribution is 0.607. The standard InChI is InChI=1S/C57H47N3S/c1-5-7-15-39(6-2)54-36-37-55(61-54)41-24-31-46(32-25-41)59(45-29-22-40(23-30-45)43-28-35-49-48-18-11-12-19-50(48)57(3,4)51(49)38-43)47-33-26-42(27-34-47)56-58-52-20-13-14-21-53(52)60(56)44-16-9-8-10-17-44/h5-11,13-18,20-38H,2,12,19H2,1,3-4H3/b7-5-,39-15+. The second-order valence-electron chi connectivity index (χ2n) is 16.3. The summed E-state index contributed by atoms with van der Waals surface area (Å²) >= 11 is 1.79. The third-order valence-corrected chi connectivity index (χ3v) is 13.5. The van der Waals surface area contributed by atoms with Crippen LogP contribution in [0.4, 0.5) is 17.1 Å². The van der Waals surface area contributed by atoms with Crippen LogP contribution in [0.3, 0.4) is 0 Å². The van der Waals surface area contributed by atoms with Crippen LogP contribution in [0.5, 0.6) is 0 Å². The smallest absolute Gasteiger partial charge is 0.145 e. The number of para-hydroxylation sites is 3. The largest absolute Gasteiger partial charge is 0.311 e. The highest BCUT2D eigenvalue weighted by atomic mass is 32.1. The summed E-state index contributed by atoms with van der Waals surface area (Å²) in [7, 11) is 0. The molecule has 0 radical (unpaired) electrons. The molecule has 4 heteroatoms. The Hall–Kier alpha value is -7.01. The number of imidazole rings is 1. The maximum Gasteiger partial charge on any atom is 0.145 e. The first-order valence-corrected chi connectivity index (χ1v) is 22.0. The highest BCUT2D eigenvalue weighted by molar-refractivity contribution is 7.16. The van der Waals surface area contributed by atoms with Crippen molar-refractivity contribution in [2.24, 2.45) is 0 Å². The van der Waals surface area contributed by atoms with Crippen LogP contribution in [0.1, 0.15) is 49.6 Å². The molecule has 2 heterocycles. The number of fused-ring (bicyclic) bond motifs is 3. The molecular weight excluding hydrogens is 759 g/mol. The predicted octanol–water partition coefficient (Wildman–Crippen LogP) is 16.1. The molecule has 0 saturated heterocycles. The van der Waals surface area contributed by atoms with Crippen molar-refractivity contribution in [2.45, 2.75) is 39.0 Å². The Morgan fingerprint density at radius 1 is 0.721 bits per heavy atom. The lowest BCUT2D eigenvalue weighted by Crippen LogP contribution is -2.17. The van der Waals surface area contributed by atoms with E-state index in [1.54, 1.807) is 16.9 Å². The van der Waals surface area contributed by atoms with Crippen molar-refractivity contribution in [1.82, 2.24) is 9.55 Å². The molecule has 0 atom stereocenters. The van der Waals surface area contributed by atoms with Crippen molar-refractivity contribution >= 4 is 50.6 Å². The number of allylic oxidation sites excluding steroid dienone is 9. The molecule has 0 amide bonds. The predicted molar refractivity (Wildman–Crippen MR) is 261 cm³/mol. The molecule has 2 aromatic heterocycles. The Bertz CT molecular complexity index is 3040. The summed E-state index contributed by atoms with van der Waals surface area (Å²) in [6, 6.07) is 57.2. The Morgan fingerprint density at radius 2 is 1.38 bits per heavy atom. The van der Waals surface area contributed by atoms with Gasteiger partial charge in [0.25, 0.3) is 0 Å². The molecule has 0 fully saturated rings. The molecule has 0 spiro atoms. The summed E-state index contributed by atoms with van der Waals surface area (Å²) in [4.78, 5) is 9.92. The molecular formula is C57H47N3S. The van der Waals surface area contributed by atoms with Crippen LogP contribution in [-0.4, -0.2) is 9.55 Å². The van der Waals surface area contributed by atoms with E-state index in [2.05, 4.69) is 212 Å². The minimum atomic E-state index is 0.0349. The van der Waals surface area contributed by atoms with E-state index >= 15 is 0 Å². The lowest BCUT2D eigenvalue weighted by Gasteiger charge is -2.27. The van der Waals surface area contributed by atoms with E-state index in [9.17, 15) is 0 Å². The van der Waals surface area contributed by atoms with Gasteiger partial charge in [0, 0.05) is 43.5 Å². The maximum absolute atomic E-state index is 5.14. The maximum atomic E-state index is 5.14. The summed E-state index contributed by atoms with van der Waals surface area (Å²) in [6.45, 7) is 10.9. The molecule has 8 aromatic rings. The quantitative estimate of drug-likeness (QED) is 0.128. The molecule has 2 aliphatic rings. The monoisotopic (exact) mass is 805 g/mol. The number of nitrogens with zero attached hydrogens (tertiary/aromatic N) is 3. The topological polar surface area (TPSA) is 21.1 Å². The van der Waals surface area contributed by atoms with Gasteiger partial charge in [-0.25, -0.2) is 4.98 Å². The zero-order chi connectivity index (χ0) is 41.5. The minimum absolute atomic E-state index is 0.0349. The summed E-state index contributed by atoms with van der Waals surface area (Å²) in [5, 5.41) is 0. The normalized spacial score (nSPS) is 14.4. The molecule has 0 saturated carbocycles. The fraction of sp³-hybridized carbons (Fsp3) is 0.105. The Kier molecular flexibility index (Phi) is 9.94. The van der Waals surface area contributed by atoms with Gasteiger partial charge in [-0.1, -0.05) is 129 Å². The van der Waals surface area contributed by atoms with Gasteiger partial charge in [-0.15, -0.1) is 11.3 Å². The van der Waals surface area contributed by atoms with Crippen LogP contribution in [0.2, 0.25) is 0 Å². The highest BCUT2D eigenvalue weighted by Gasteiger charge is 2.37. The van der Waals surface area contributed by atoms with E-state index in [0.29, 0.717) is 0 Å². The number of benzene rings is 6. The fourth-order valence-corrected chi connectivity index (χ4v) is 10.2. The van der Waals surface area contributed by atoms with Crippen molar-refractivity contribution < 1.29 is 0 Å². The third-order valence-electron chi connectivity index (χ3n) is 12.3. The number of aromatic nitrogens is 2. The molecule has 3 nitrogen and oxygen atoms in total. The molecule has 10 rings (SSSR count). The minimum Gasteiger partial charge on any atom is -0.311 e. The first kappa shape index (κ1) is 38.2. The summed E-state index contributed by atoms with van der Waals surface area (Å²) in [5.41, 5.74) is 18.1. The summed E-state index contributed by atoms with van der Waals surface area (Å²) in [5.74, 6) is 0.916. The van der Waals surface area contributed by atoms with E-state index in [-0.39, 0.29) is 5.41 Å². The first-order chi connectivity index (χ1) is 29.9. The van der Waals surface area contributed by atoms with E-state index in [0.717, 1.165) is 63.6 Å². The van der Waals surface area contributed by atoms with Gasteiger partial charge in [-0.2, -0.15) is 0 Å². The van der Waals surface area contributed by atoms with Crippen LogP contribution >= 0.6 is 11.3 Å². The second-order valence-corrected chi connectivity index (χ2v) is 17.4. The van der Waals surface area contributed by atoms with Gasteiger partial charge in [0.2, 0.25) is 0 Å². The zero-order valence-electron chi connectivity index (χ0n) is 34.8. The van der Waals surface area contributed by atoms with Crippen molar-refractivity contribution in [3.8, 4) is 38.6 Å². The average Bonchev–Trinajstić information content (AvgIpc) is 4.02. The van der Waals surface area contributed by atoms with Gasteiger partial charge in [0.15, 0.2) is 0 Å². The van der Waals surface area contributed by atoms with Gasteiger partial charge in [-0.3, -0.25) is 4.57 Å². The van der Waals surface area contributed by atoms with E-state index < -0.39 is 0 Å². The zero-order valence-corrected chi connectivity index (χ0v) is 35.7. The molecule has 0 N–H and O–H groups in total. The van der Waals surface area contributed by atoms with E-state index in [4.69, 9.17) is 4.98 Å². The third kappa shape index (κ3) is 6.93. The molecule has 0 unspecified atom stereocenters. The second kappa shape index (κ2) is 15.9. The number of hydrogen-bond donors (Lipinski definition) is 0. The van der Waals surface area contributed by atoms with E-state index in [1.165, 1.54) is 43.1 Å². The Morgan fingerprint density at radius 3 is 2.08 bits per heavy atom. The van der Waals surface area contributed by atoms with Gasteiger partial charge < -0.3 is 4.90 Å². The van der Waals surface area contributed by atoms with Gasteiger partial charge in [-0.05, 0) is 150 Å². The number of thiophene rings is 1. The molecule has 0 bridgehead atoms. The van der Waals surface area contributed by atoms with Gasteiger partial charge >= 0.3 is 0 Å². The van der Waals surface area contributed by atoms with Crippen LogP contribution in [-0.2, 0) is 5.41 Å². The number of rotatable bonds is 10. The van der Waals surface area contributed by atoms with Gasteiger partial charge in [0.1, 0.15) is 5.82 Å². The number of anilines is 3. The molecule has 0 aliphatic heterocycles. The van der Waals surface area contributed by atoms with Crippen molar-refractivity contribution in [2.75, 3.05) is 4.90 Å². The highest BCUT2D eigenvalue weighted by Crippen LogP contribution is 2.51. The van der Waals surface area contributed by atoms with Gasteiger partial charge in [0.05, 0.1) is 11.0 Å². The van der Waals surface area contributed by atoms with Crippen LogP contribution in [0, 0.1) is 0 Å². The molecule has 61 heavy (non-hydrogen) atoms. The van der Waals surface area contributed by atoms with Crippen molar-refractivity contribution in [3.05, 3.63) is 222 Å². The van der Waals surface area contributed by atoms with Crippen LogP contribution < -0.4 is 4.90 Å². The first-order valence-electron chi connectivity index (χ1n) is 21.2. The SMILES string of the molecule is C=C/C(=C\C=C/C)c1ccc(-c2ccc(N(c3ccc(-c4ccc5c(c4)C(C)(C)C4=C5C=CCC4)cc3)c3ccc(-c4nc5ccccc5n4-c4ccccc4)cc3)cc2)s1. The van der Waals surface area contributed by atoms with Crippen molar-refractivity contribution in [3.63, 3.8) is 0 Å². The fourth-order valence-electron chi connectivity index (χ4n) is 9.15. The number of hydrogen-bond acceptors (Lipinski definition) is 3. The molecule has 2 aliphatic carbocycles. The van der Waals surface area contributed by atoms with Crippen LogP contribution in [0.25, 0.3) is 60.8 Å². The Labute approximate surface area is 363 Å². The van der Waals surface area contributed by atoms with Crippen LogP contribution in [0.15, 0.2) is 206 Å². The molecule has 6 aromatic carbocycles.